The molecule has 0 unspecified atom stereocenters. The molecule has 0 amide bonds. The topological polar surface area (TPSA) is 17.1 Å². The zero-order chi connectivity index (χ0) is 15.2. The quantitative estimate of drug-likeness (QED) is 0.563. The number of rotatable bonds is 6. The average molecular weight is 292 g/mol. The van der Waals surface area contributed by atoms with Crippen LogP contribution in [0.3, 0.4) is 0 Å². The van der Waals surface area contributed by atoms with Crippen molar-refractivity contribution in [1.29, 1.82) is 0 Å². The van der Waals surface area contributed by atoms with E-state index < -0.39 is 24.3 Å². The molecule has 0 saturated heterocycles. The van der Waals surface area contributed by atoms with Crippen LogP contribution in [0.25, 0.3) is 0 Å². The van der Waals surface area contributed by atoms with Crippen molar-refractivity contribution >= 4 is 5.78 Å². The van der Waals surface area contributed by atoms with Crippen molar-refractivity contribution in [2.45, 2.75) is 31.4 Å². The molecule has 6 heteroatoms. The van der Waals surface area contributed by atoms with Crippen molar-refractivity contribution in [2.75, 3.05) is 0 Å². The highest BCUT2D eigenvalue weighted by Crippen LogP contribution is 2.37. The molecule has 0 aromatic heterocycles. The number of carbonyl (C=O) groups is 1. The minimum absolute atomic E-state index is 0.142. The molecule has 0 spiro atoms. The fourth-order valence-electron chi connectivity index (χ4n) is 1.48. The number of hydrogen-bond acceptors (Lipinski definition) is 1. The van der Waals surface area contributed by atoms with E-state index in [9.17, 15) is 26.7 Å². The molecule has 0 aliphatic heterocycles. The molecule has 0 radical (unpaired) electrons. The maximum absolute atomic E-state index is 12.6. The molecule has 0 heterocycles. The largest absolute Gasteiger partial charge is 0.461 e. The van der Waals surface area contributed by atoms with Crippen molar-refractivity contribution in [3.63, 3.8) is 0 Å². The highest BCUT2D eigenvalue weighted by molar-refractivity contribution is 5.86. The van der Waals surface area contributed by atoms with Gasteiger partial charge in [0.25, 0.3) is 0 Å². The molecular weight excluding hydrogens is 279 g/mol. The predicted octanol–water partition coefficient (Wildman–Crippen LogP) is 4.33. The van der Waals surface area contributed by atoms with Crippen LogP contribution in [0.4, 0.5) is 22.0 Å². The third kappa shape index (κ3) is 4.43. The first kappa shape index (κ1) is 16.3. The summed E-state index contributed by atoms with van der Waals surface area (Å²) < 4.78 is 60.9. The lowest BCUT2D eigenvalue weighted by molar-refractivity contribution is -0.268. The van der Waals surface area contributed by atoms with Crippen LogP contribution in [-0.2, 0) is 11.2 Å². The number of benzene rings is 1. The molecule has 0 bridgehead atoms. The molecule has 1 aromatic carbocycles. The Morgan fingerprint density at radius 2 is 1.60 bits per heavy atom. The number of ketones is 1. The second-order valence-corrected chi connectivity index (χ2v) is 4.20. The number of Topliss-reactive ketones (excluding diaryl/α,β-unsaturated/α-hetero) is 1. The molecule has 0 atom stereocenters. The Morgan fingerprint density at radius 1 is 1.00 bits per heavy atom. The zero-order valence-electron chi connectivity index (χ0n) is 10.5. The SMILES string of the molecule is O=C(CC/C=C/Cc1ccccc1)C(F)(F)C(F)(F)F. The lowest BCUT2D eigenvalue weighted by Crippen LogP contribution is -2.43. The van der Waals surface area contributed by atoms with Crippen LogP contribution < -0.4 is 0 Å². The first-order valence-electron chi connectivity index (χ1n) is 5.92. The smallest absolute Gasteiger partial charge is 0.293 e. The van der Waals surface area contributed by atoms with Gasteiger partial charge in [-0.3, -0.25) is 4.79 Å². The van der Waals surface area contributed by atoms with Crippen molar-refractivity contribution in [1.82, 2.24) is 0 Å². The first-order chi connectivity index (χ1) is 9.25. The van der Waals surface area contributed by atoms with Crippen molar-refractivity contribution < 1.29 is 26.7 Å². The Balaban J connectivity index is 2.39. The van der Waals surface area contributed by atoms with Gasteiger partial charge in [0.1, 0.15) is 0 Å². The van der Waals surface area contributed by atoms with Gasteiger partial charge in [0.15, 0.2) is 0 Å². The molecular formula is C14H13F5O. The van der Waals surface area contributed by atoms with Gasteiger partial charge < -0.3 is 0 Å². The summed E-state index contributed by atoms with van der Waals surface area (Å²) in [5.41, 5.74) is 0.982. The molecule has 110 valence electrons. The van der Waals surface area contributed by atoms with E-state index in [2.05, 4.69) is 0 Å². The summed E-state index contributed by atoms with van der Waals surface area (Å²) in [6.45, 7) is 0. The van der Waals surface area contributed by atoms with E-state index in [0.29, 0.717) is 6.42 Å². The van der Waals surface area contributed by atoms with Gasteiger partial charge in [-0.1, -0.05) is 42.5 Å². The van der Waals surface area contributed by atoms with E-state index in [4.69, 9.17) is 0 Å². The third-order valence-corrected chi connectivity index (χ3v) is 2.61. The maximum Gasteiger partial charge on any atom is 0.461 e. The lowest BCUT2D eigenvalue weighted by Gasteiger charge is -2.17. The summed E-state index contributed by atoms with van der Waals surface area (Å²) in [7, 11) is 0. The van der Waals surface area contributed by atoms with Crippen LogP contribution in [-0.4, -0.2) is 17.9 Å². The van der Waals surface area contributed by atoms with Gasteiger partial charge in [-0.25, -0.2) is 0 Å². The fourth-order valence-corrected chi connectivity index (χ4v) is 1.48. The highest BCUT2D eigenvalue weighted by Gasteiger charge is 2.62. The predicted molar refractivity (Wildman–Crippen MR) is 64.5 cm³/mol. The van der Waals surface area contributed by atoms with Gasteiger partial charge in [-0.2, -0.15) is 22.0 Å². The van der Waals surface area contributed by atoms with E-state index in [1.54, 1.807) is 6.08 Å². The van der Waals surface area contributed by atoms with Gasteiger partial charge in [0.05, 0.1) is 0 Å². The van der Waals surface area contributed by atoms with Gasteiger partial charge in [0, 0.05) is 6.42 Å². The molecule has 1 aromatic rings. The van der Waals surface area contributed by atoms with Gasteiger partial charge in [-0.15, -0.1) is 0 Å². The van der Waals surface area contributed by atoms with E-state index in [0.717, 1.165) is 5.56 Å². The van der Waals surface area contributed by atoms with Gasteiger partial charge in [-0.05, 0) is 18.4 Å². The second kappa shape index (κ2) is 6.63. The third-order valence-electron chi connectivity index (χ3n) is 2.61. The Labute approximate surface area is 113 Å². The average Bonchev–Trinajstić information content (AvgIpc) is 2.38. The van der Waals surface area contributed by atoms with Gasteiger partial charge in [0.2, 0.25) is 5.78 Å². The summed E-state index contributed by atoms with van der Waals surface area (Å²) in [6.07, 6.45) is -3.20. The van der Waals surface area contributed by atoms with Crippen molar-refractivity contribution in [2.24, 2.45) is 0 Å². The number of allylic oxidation sites excluding steroid dienone is 2. The number of hydrogen-bond donors (Lipinski definition) is 0. The lowest BCUT2D eigenvalue weighted by atomic mass is 10.1. The summed E-state index contributed by atoms with van der Waals surface area (Å²) in [4.78, 5) is 10.8. The van der Waals surface area contributed by atoms with Crippen molar-refractivity contribution in [3.05, 3.63) is 48.0 Å². The summed E-state index contributed by atoms with van der Waals surface area (Å²) >= 11 is 0. The van der Waals surface area contributed by atoms with E-state index >= 15 is 0 Å². The van der Waals surface area contributed by atoms with E-state index in [-0.39, 0.29) is 6.42 Å². The number of alkyl halides is 5. The Hall–Kier alpha value is -1.72. The zero-order valence-corrected chi connectivity index (χ0v) is 10.5. The molecule has 0 N–H and O–H groups in total. The second-order valence-electron chi connectivity index (χ2n) is 4.20. The molecule has 0 saturated carbocycles. The Bertz CT molecular complexity index is 462. The summed E-state index contributed by atoms with van der Waals surface area (Å²) in [6, 6.07) is 9.21. The standard InChI is InChI=1S/C14H13F5O/c15-13(16,14(17,18)19)12(20)10-6-2-5-9-11-7-3-1-4-8-11/h1-5,7-8H,6,9-10H2/b5-2+. The minimum atomic E-state index is -5.82. The van der Waals surface area contributed by atoms with Crippen LogP contribution >= 0.6 is 0 Å². The maximum atomic E-state index is 12.6. The fraction of sp³-hybridized carbons (Fsp3) is 0.357. The molecule has 0 fully saturated rings. The monoisotopic (exact) mass is 292 g/mol. The Kier molecular flexibility index (Phi) is 5.42. The summed E-state index contributed by atoms with van der Waals surface area (Å²) in [5.74, 6) is -7.37. The van der Waals surface area contributed by atoms with E-state index in [1.165, 1.54) is 6.08 Å². The van der Waals surface area contributed by atoms with Crippen LogP contribution in [0.2, 0.25) is 0 Å². The molecule has 1 rings (SSSR count). The minimum Gasteiger partial charge on any atom is -0.293 e. The van der Waals surface area contributed by atoms with Crippen LogP contribution in [0.1, 0.15) is 18.4 Å². The normalized spacial score (nSPS) is 12.8. The van der Waals surface area contributed by atoms with Crippen LogP contribution in [0.5, 0.6) is 0 Å². The molecule has 0 aliphatic carbocycles. The summed E-state index contributed by atoms with van der Waals surface area (Å²) in [5, 5.41) is 0. The Morgan fingerprint density at radius 3 is 2.15 bits per heavy atom. The van der Waals surface area contributed by atoms with Crippen LogP contribution in [0.15, 0.2) is 42.5 Å². The van der Waals surface area contributed by atoms with Crippen molar-refractivity contribution in [3.8, 4) is 0 Å². The molecule has 20 heavy (non-hydrogen) atoms. The molecule has 0 aliphatic rings. The number of carbonyl (C=O) groups excluding carboxylic acids is 1. The highest BCUT2D eigenvalue weighted by atomic mass is 19.4. The van der Waals surface area contributed by atoms with Gasteiger partial charge >= 0.3 is 12.1 Å². The van der Waals surface area contributed by atoms with E-state index in [1.807, 2.05) is 30.3 Å². The number of halogens is 5. The van der Waals surface area contributed by atoms with Crippen LogP contribution in [0, 0.1) is 0 Å². The first-order valence-corrected chi connectivity index (χ1v) is 5.92. The molecule has 1 nitrogen and oxygen atoms in total.